The number of amides is 2. The minimum Gasteiger partial charge on any atom is -0.351 e. The first-order valence-corrected chi connectivity index (χ1v) is 7.53. The average Bonchev–Trinajstić information content (AvgIpc) is 2.54. The summed E-state index contributed by atoms with van der Waals surface area (Å²) in [5.74, 6) is -0.426. The first-order valence-electron chi connectivity index (χ1n) is 7.53. The van der Waals surface area contributed by atoms with Gasteiger partial charge in [0.05, 0.1) is 6.61 Å². The Balaban J connectivity index is 1.97. The molecule has 1 saturated carbocycles. The fraction of sp³-hybridized carbons (Fsp3) is 0.500. The van der Waals surface area contributed by atoms with Crippen molar-refractivity contribution < 1.29 is 19.5 Å². The number of benzene rings is 1. The quantitative estimate of drug-likeness (QED) is 0.349. The lowest BCUT2D eigenvalue weighted by molar-refractivity contribution is -0.162. The minimum absolute atomic E-state index is 0.206. The molecule has 1 aromatic rings. The first-order chi connectivity index (χ1) is 10.6. The Morgan fingerprint density at radius 2 is 1.95 bits per heavy atom. The zero-order valence-electron chi connectivity index (χ0n) is 12.5. The highest BCUT2D eigenvalue weighted by Gasteiger charge is 2.34. The fourth-order valence-corrected chi connectivity index (χ4v) is 2.70. The molecule has 1 aliphatic carbocycles. The number of hydrogen-bond acceptors (Lipinski definition) is 4. The third-order valence-electron chi connectivity index (χ3n) is 3.81. The highest BCUT2D eigenvalue weighted by molar-refractivity contribution is 5.80. The maximum atomic E-state index is 11.9. The lowest BCUT2D eigenvalue weighted by atomic mass is 9.91. The molecule has 0 aromatic heterocycles. The smallest absolute Gasteiger partial charge is 0.244 e. The number of carbonyl (C=O) groups excluding carboxylic acids is 2. The van der Waals surface area contributed by atoms with E-state index in [-0.39, 0.29) is 13.0 Å². The van der Waals surface area contributed by atoms with E-state index < -0.39 is 11.6 Å². The summed E-state index contributed by atoms with van der Waals surface area (Å²) in [4.78, 5) is 22.3. The molecule has 120 valence electrons. The van der Waals surface area contributed by atoms with Crippen molar-refractivity contribution in [1.29, 1.82) is 0 Å². The molecule has 0 saturated heterocycles. The molecule has 1 aliphatic rings. The van der Waals surface area contributed by atoms with Crippen molar-refractivity contribution in [2.75, 3.05) is 6.54 Å². The van der Waals surface area contributed by atoms with Crippen LogP contribution in [-0.2, 0) is 20.9 Å². The van der Waals surface area contributed by atoms with Crippen molar-refractivity contribution in [2.24, 2.45) is 0 Å². The molecule has 22 heavy (non-hydrogen) atoms. The molecule has 2 rings (SSSR count). The van der Waals surface area contributed by atoms with Crippen molar-refractivity contribution in [1.82, 2.24) is 10.4 Å². The molecule has 0 heterocycles. The Hall–Kier alpha value is -1.92. The summed E-state index contributed by atoms with van der Waals surface area (Å²) < 4.78 is 6.02. The van der Waals surface area contributed by atoms with Gasteiger partial charge >= 0.3 is 0 Å². The number of nitrogens with one attached hydrogen (secondary N) is 1. The zero-order valence-corrected chi connectivity index (χ0v) is 12.5. The predicted molar refractivity (Wildman–Crippen MR) is 79.7 cm³/mol. The highest BCUT2D eigenvalue weighted by atomic mass is 16.5. The molecule has 2 N–H and O–H groups in total. The van der Waals surface area contributed by atoms with E-state index in [1.165, 1.54) is 0 Å². The third-order valence-corrected chi connectivity index (χ3v) is 3.81. The van der Waals surface area contributed by atoms with Crippen LogP contribution in [0, 0.1) is 0 Å². The molecule has 0 radical (unpaired) electrons. The Bertz CT molecular complexity index is 486. The van der Waals surface area contributed by atoms with Crippen molar-refractivity contribution in [3.8, 4) is 0 Å². The van der Waals surface area contributed by atoms with Gasteiger partial charge in [-0.3, -0.25) is 14.8 Å². The van der Waals surface area contributed by atoms with Gasteiger partial charge in [0.2, 0.25) is 12.3 Å². The Morgan fingerprint density at radius 3 is 2.59 bits per heavy atom. The molecule has 6 heteroatoms. The van der Waals surface area contributed by atoms with E-state index in [9.17, 15) is 9.59 Å². The van der Waals surface area contributed by atoms with Crippen molar-refractivity contribution >= 4 is 12.3 Å². The summed E-state index contributed by atoms with van der Waals surface area (Å²) in [6.07, 6.45) is 4.75. The van der Waals surface area contributed by atoms with E-state index in [1.807, 2.05) is 30.3 Å². The van der Waals surface area contributed by atoms with E-state index >= 15 is 0 Å². The van der Waals surface area contributed by atoms with Crippen LogP contribution in [0.5, 0.6) is 0 Å². The molecule has 0 bridgehead atoms. The summed E-state index contributed by atoms with van der Waals surface area (Å²) in [5, 5.41) is 12.3. The standard InChI is InChI=1S/C16H22N2O4/c19-13-18(21)11-15(20)17-16(9-5-2-6-10-16)22-12-14-7-3-1-4-8-14/h1,3-4,7-8,13,21H,2,5-6,9-12H2,(H,17,20). The van der Waals surface area contributed by atoms with E-state index in [2.05, 4.69) is 5.32 Å². The summed E-state index contributed by atoms with van der Waals surface area (Å²) in [6, 6.07) is 9.77. The summed E-state index contributed by atoms with van der Waals surface area (Å²) in [6.45, 7) is 0.0254. The summed E-state index contributed by atoms with van der Waals surface area (Å²) >= 11 is 0. The topological polar surface area (TPSA) is 78.9 Å². The monoisotopic (exact) mass is 306 g/mol. The fourth-order valence-electron chi connectivity index (χ4n) is 2.70. The van der Waals surface area contributed by atoms with Gasteiger partial charge in [-0.15, -0.1) is 0 Å². The highest BCUT2D eigenvalue weighted by Crippen LogP contribution is 2.30. The van der Waals surface area contributed by atoms with Crippen LogP contribution in [0.3, 0.4) is 0 Å². The largest absolute Gasteiger partial charge is 0.351 e. The van der Waals surface area contributed by atoms with Gasteiger partial charge in [0.1, 0.15) is 12.3 Å². The SMILES string of the molecule is O=CN(O)CC(=O)NC1(OCc2ccccc2)CCCCC1. The maximum absolute atomic E-state index is 11.9. The summed E-state index contributed by atoms with van der Waals surface area (Å²) in [7, 11) is 0. The van der Waals surface area contributed by atoms with E-state index in [1.54, 1.807) is 0 Å². The van der Waals surface area contributed by atoms with Crippen LogP contribution in [0.4, 0.5) is 0 Å². The molecule has 6 nitrogen and oxygen atoms in total. The van der Waals surface area contributed by atoms with Crippen LogP contribution >= 0.6 is 0 Å². The van der Waals surface area contributed by atoms with Crippen molar-refractivity contribution in [2.45, 2.75) is 44.4 Å². The minimum atomic E-state index is -0.713. The number of carbonyl (C=O) groups is 2. The van der Waals surface area contributed by atoms with Crippen molar-refractivity contribution in [3.05, 3.63) is 35.9 Å². The Labute approximate surface area is 130 Å². The molecule has 0 aliphatic heterocycles. The van der Waals surface area contributed by atoms with E-state index in [4.69, 9.17) is 9.94 Å². The molecule has 1 fully saturated rings. The van der Waals surface area contributed by atoms with Crippen LogP contribution in [-0.4, -0.2) is 34.9 Å². The van der Waals surface area contributed by atoms with Crippen LogP contribution < -0.4 is 5.32 Å². The molecule has 0 unspecified atom stereocenters. The lowest BCUT2D eigenvalue weighted by Crippen LogP contribution is -2.53. The summed E-state index contributed by atoms with van der Waals surface area (Å²) in [5.41, 5.74) is 0.327. The van der Waals surface area contributed by atoms with E-state index in [0.717, 1.165) is 37.7 Å². The number of rotatable bonds is 7. The predicted octanol–water partition coefficient (Wildman–Crippen LogP) is 1.83. The number of hydroxylamine groups is 2. The number of nitrogens with zero attached hydrogens (tertiary/aromatic N) is 1. The second-order valence-corrected chi connectivity index (χ2v) is 5.58. The van der Waals surface area contributed by atoms with Crippen LogP contribution in [0.1, 0.15) is 37.7 Å². The molecular formula is C16H22N2O4. The Morgan fingerprint density at radius 1 is 1.27 bits per heavy atom. The van der Waals surface area contributed by atoms with Gasteiger partial charge in [-0.25, -0.2) is 5.06 Å². The Kier molecular flexibility index (Phi) is 5.91. The van der Waals surface area contributed by atoms with Crippen LogP contribution in [0.2, 0.25) is 0 Å². The molecule has 2 amide bonds. The van der Waals surface area contributed by atoms with Crippen LogP contribution in [0.25, 0.3) is 0 Å². The average molecular weight is 306 g/mol. The molecule has 0 atom stereocenters. The first kappa shape index (κ1) is 16.5. The second-order valence-electron chi connectivity index (χ2n) is 5.58. The van der Waals surface area contributed by atoms with Crippen LogP contribution in [0.15, 0.2) is 30.3 Å². The molecular weight excluding hydrogens is 284 g/mol. The van der Waals surface area contributed by atoms with Gasteiger partial charge in [0, 0.05) is 0 Å². The van der Waals surface area contributed by atoms with Gasteiger partial charge in [-0.1, -0.05) is 36.8 Å². The van der Waals surface area contributed by atoms with E-state index in [0.29, 0.717) is 11.7 Å². The lowest BCUT2D eigenvalue weighted by Gasteiger charge is -2.38. The molecule has 1 aromatic carbocycles. The number of ether oxygens (including phenoxy) is 1. The van der Waals surface area contributed by atoms with Gasteiger partial charge in [-0.05, 0) is 31.2 Å². The van der Waals surface area contributed by atoms with Crippen molar-refractivity contribution in [3.63, 3.8) is 0 Å². The van der Waals surface area contributed by atoms with Gasteiger partial charge in [-0.2, -0.15) is 0 Å². The third kappa shape index (κ3) is 4.82. The van der Waals surface area contributed by atoms with Gasteiger partial charge in [0.25, 0.3) is 0 Å². The number of hydrogen-bond donors (Lipinski definition) is 2. The second kappa shape index (κ2) is 7.91. The zero-order chi connectivity index (χ0) is 15.8. The van der Waals surface area contributed by atoms with Gasteiger partial charge in [0.15, 0.2) is 0 Å². The molecule has 0 spiro atoms. The normalized spacial score (nSPS) is 16.8. The maximum Gasteiger partial charge on any atom is 0.244 e. The van der Waals surface area contributed by atoms with Gasteiger partial charge < -0.3 is 10.1 Å².